The predicted molar refractivity (Wildman–Crippen MR) is 78.7 cm³/mol. The van der Waals surface area contributed by atoms with Crippen molar-refractivity contribution in [2.75, 3.05) is 17.7 Å². The zero-order valence-electron chi connectivity index (χ0n) is 11.9. The molecule has 0 unspecified atom stereocenters. The number of aromatic nitrogens is 3. The van der Waals surface area contributed by atoms with Gasteiger partial charge in [-0.3, -0.25) is 0 Å². The topological polar surface area (TPSA) is 50.7 Å². The van der Waals surface area contributed by atoms with Crippen LogP contribution in [0.5, 0.6) is 0 Å². The molecule has 0 atom stereocenters. The lowest BCUT2D eigenvalue weighted by Gasteiger charge is -2.26. The summed E-state index contributed by atoms with van der Waals surface area (Å²) in [6.07, 6.45) is 6.74. The molecule has 0 spiro atoms. The van der Waals surface area contributed by atoms with Crippen molar-refractivity contribution in [2.24, 2.45) is 5.41 Å². The van der Waals surface area contributed by atoms with Crippen molar-refractivity contribution in [2.45, 2.75) is 52.4 Å². The van der Waals surface area contributed by atoms with E-state index in [-0.39, 0.29) is 5.41 Å². The van der Waals surface area contributed by atoms with Gasteiger partial charge in [0.15, 0.2) is 0 Å². The lowest BCUT2D eigenvalue weighted by Crippen LogP contribution is -2.29. The van der Waals surface area contributed by atoms with Crippen LogP contribution in [0.3, 0.4) is 0 Å². The van der Waals surface area contributed by atoms with E-state index < -0.39 is 0 Å². The molecule has 1 N–H and O–H groups in total. The monoisotopic (exact) mass is 282 g/mol. The zero-order valence-corrected chi connectivity index (χ0v) is 12.6. The lowest BCUT2D eigenvalue weighted by molar-refractivity contribution is 0.367. The van der Waals surface area contributed by atoms with Crippen LogP contribution in [0.25, 0.3) is 0 Å². The van der Waals surface area contributed by atoms with Crippen LogP contribution in [-0.2, 0) is 12.8 Å². The predicted octanol–water partition coefficient (Wildman–Crippen LogP) is 3.21. The number of hydrogen-bond acceptors (Lipinski definition) is 4. The van der Waals surface area contributed by atoms with E-state index in [2.05, 4.69) is 34.3 Å². The number of nitrogens with zero attached hydrogens (tertiary/aromatic N) is 3. The maximum Gasteiger partial charge on any atom is 0.242 e. The standard InChI is InChI=1S/C14H23ClN4/c1-3-11-12(4-2)18-19-13(17-11)16-10-14(9-15)7-5-6-8-14/h3-10H2,1-2H3,(H,16,17,19). The second-order valence-electron chi connectivity index (χ2n) is 5.43. The summed E-state index contributed by atoms with van der Waals surface area (Å²) in [5.41, 5.74) is 2.27. The Bertz CT molecular complexity index is 416. The Hall–Kier alpha value is -0.900. The van der Waals surface area contributed by atoms with Crippen molar-refractivity contribution in [3.8, 4) is 0 Å². The molecule has 1 aromatic rings. The molecule has 0 aromatic carbocycles. The molecule has 0 bridgehead atoms. The summed E-state index contributed by atoms with van der Waals surface area (Å²) in [6.45, 7) is 5.04. The van der Waals surface area contributed by atoms with Crippen molar-refractivity contribution >= 4 is 17.5 Å². The minimum absolute atomic E-state index is 0.223. The molecule has 19 heavy (non-hydrogen) atoms. The number of nitrogens with one attached hydrogen (secondary N) is 1. The SMILES string of the molecule is CCc1nnc(NCC2(CCl)CCCC2)nc1CC. The number of anilines is 1. The molecule has 1 fully saturated rings. The third-order valence-electron chi connectivity index (χ3n) is 4.08. The van der Waals surface area contributed by atoms with Gasteiger partial charge in [-0.2, -0.15) is 5.10 Å². The second-order valence-corrected chi connectivity index (χ2v) is 5.70. The number of alkyl halides is 1. The first kappa shape index (κ1) is 14.5. The number of rotatable bonds is 6. The molecule has 0 aliphatic heterocycles. The molecule has 106 valence electrons. The fourth-order valence-corrected chi connectivity index (χ4v) is 3.12. The Morgan fingerprint density at radius 3 is 2.37 bits per heavy atom. The maximum atomic E-state index is 6.14. The highest BCUT2D eigenvalue weighted by Crippen LogP contribution is 2.39. The number of aryl methyl sites for hydroxylation is 2. The van der Waals surface area contributed by atoms with Crippen LogP contribution in [0.2, 0.25) is 0 Å². The zero-order chi connectivity index (χ0) is 13.7. The van der Waals surface area contributed by atoms with Gasteiger partial charge in [-0.1, -0.05) is 26.7 Å². The van der Waals surface area contributed by atoms with E-state index in [9.17, 15) is 0 Å². The highest BCUT2D eigenvalue weighted by molar-refractivity contribution is 6.18. The highest BCUT2D eigenvalue weighted by atomic mass is 35.5. The Labute approximate surface area is 120 Å². The van der Waals surface area contributed by atoms with E-state index in [4.69, 9.17) is 11.6 Å². The third kappa shape index (κ3) is 3.35. The summed E-state index contributed by atoms with van der Waals surface area (Å²) < 4.78 is 0. The van der Waals surface area contributed by atoms with Gasteiger partial charge in [0.05, 0.1) is 11.4 Å². The summed E-state index contributed by atoms with van der Waals surface area (Å²) in [5.74, 6) is 1.35. The van der Waals surface area contributed by atoms with Crippen LogP contribution in [0, 0.1) is 5.41 Å². The van der Waals surface area contributed by atoms with Gasteiger partial charge in [0.25, 0.3) is 0 Å². The molecule has 0 saturated heterocycles. The van der Waals surface area contributed by atoms with Gasteiger partial charge in [0, 0.05) is 17.8 Å². The molecule has 1 aromatic heterocycles. The molecule has 4 nitrogen and oxygen atoms in total. The number of hydrogen-bond donors (Lipinski definition) is 1. The van der Waals surface area contributed by atoms with Crippen LogP contribution >= 0.6 is 11.6 Å². The molecule has 0 radical (unpaired) electrons. The molecule has 5 heteroatoms. The quantitative estimate of drug-likeness (QED) is 0.814. The van der Waals surface area contributed by atoms with E-state index >= 15 is 0 Å². The molecule has 1 aliphatic rings. The average molecular weight is 283 g/mol. The van der Waals surface area contributed by atoms with Gasteiger partial charge in [-0.15, -0.1) is 16.7 Å². The fraction of sp³-hybridized carbons (Fsp3) is 0.786. The van der Waals surface area contributed by atoms with Crippen molar-refractivity contribution in [3.63, 3.8) is 0 Å². The summed E-state index contributed by atoms with van der Waals surface area (Å²) in [5, 5.41) is 11.8. The van der Waals surface area contributed by atoms with Crippen molar-refractivity contribution in [1.82, 2.24) is 15.2 Å². The van der Waals surface area contributed by atoms with Crippen molar-refractivity contribution in [3.05, 3.63) is 11.4 Å². The van der Waals surface area contributed by atoms with Crippen LogP contribution in [0.1, 0.15) is 50.9 Å². The Balaban J connectivity index is 2.03. The first-order valence-corrected chi connectivity index (χ1v) is 7.79. The average Bonchev–Trinajstić information content (AvgIpc) is 2.94. The minimum atomic E-state index is 0.223. The van der Waals surface area contributed by atoms with Crippen LogP contribution < -0.4 is 5.32 Å². The largest absolute Gasteiger partial charge is 0.352 e. The molecule has 0 amide bonds. The van der Waals surface area contributed by atoms with Crippen LogP contribution in [-0.4, -0.2) is 27.6 Å². The minimum Gasteiger partial charge on any atom is -0.352 e. The van der Waals surface area contributed by atoms with Gasteiger partial charge < -0.3 is 5.32 Å². The van der Waals surface area contributed by atoms with Gasteiger partial charge in [-0.05, 0) is 25.7 Å². The molecule has 1 saturated carbocycles. The van der Waals surface area contributed by atoms with Gasteiger partial charge in [-0.25, -0.2) is 4.98 Å². The van der Waals surface area contributed by atoms with Crippen molar-refractivity contribution in [1.29, 1.82) is 0 Å². The second kappa shape index (κ2) is 6.51. The highest BCUT2D eigenvalue weighted by Gasteiger charge is 2.33. The Morgan fingerprint density at radius 2 is 1.79 bits per heavy atom. The summed E-state index contributed by atoms with van der Waals surface area (Å²) >= 11 is 6.14. The summed E-state index contributed by atoms with van der Waals surface area (Å²) in [7, 11) is 0. The van der Waals surface area contributed by atoms with Crippen molar-refractivity contribution < 1.29 is 0 Å². The first-order chi connectivity index (χ1) is 9.23. The maximum absolute atomic E-state index is 6.14. The molecule has 2 rings (SSSR count). The Morgan fingerprint density at radius 1 is 1.11 bits per heavy atom. The first-order valence-electron chi connectivity index (χ1n) is 7.25. The third-order valence-corrected chi connectivity index (χ3v) is 4.65. The van der Waals surface area contributed by atoms with E-state index in [0.29, 0.717) is 11.8 Å². The number of halogens is 1. The smallest absolute Gasteiger partial charge is 0.242 e. The van der Waals surface area contributed by atoms with E-state index in [1.807, 2.05) is 0 Å². The van der Waals surface area contributed by atoms with Gasteiger partial charge in [0.2, 0.25) is 5.95 Å². The lowest BCUT2D eigenvalue weighted by atomic mass is 9.89. The molecular weight excluding hydrogens is 260 g/mol. The molecule has 1 aliphatic carbocycles. The van der Waals surface area contributed by atoms with Gasteiger partial charge in [0.1, 0.15) is 0 Å². The van der Waals surface area contributed by atoms with Gasteiger partial charge >= 0.3 is 0 Å². The summed E-state index contributed by atoms with van der Waals surface area (Å²) in [4.78, 5) is 4.56. The van der Waals surface area contributed by atoms with E-state index in [1.54, 1.807) is 0 Å². The Kier molecular flexibility index (Phi) is 4.97. The van der Waals surface area contributed by atoms with E-state index in [0.717, 1.165) is 30.8 Å². The normalized spacial score (nSPS) is 17.6. The van der Waals surface area contributed by atoms with E-state index in [1.165, 1.54) is 25.7 Å². The summed E-state index contributed by atoms with van der Waals surface area (Å²) in [6, 6.07) is 0. The molecular formula is C14H23ClN4. The molecule has 1 heterocycles. The fourth-order valence-electron chi connectivity index (χ4n) is 2.76. The van der Waals surface area contributed by atoms with Crippen LogP contribution in [0.15, 0.2) is 0 Å². The van der Waals surface area contributed by atoms with Crippen LogP contribution in [0.4, 0.5) is 5.95 Å².